The van der Waals surface area contributed by atoms with Gasteiger partial charge in [-0.2, -0.15) is 0 Å². The number of carbonyl (C=O) groups is 1. The second-order valence-electron chi connectivity index (χ2n) is 4.76. The summed E-state index contributed by atoms with van der Waals surface area (Å²) in [7, 11) is 0. The molecule has 1 atom stereocenters. The van der Waals surface area contributed by atoms with Crippen molar-refractivity contribution in [1.82, 2.24) is 4.90 Å². The summed E-state index contributed by atoms with van der Waals surface area (Å²) in [4.78, 5) is 13.0. The molecule has 2 rings (SSSR count). The Morgan fingerprint density at radius 1 is 1.41 bits per heavy atom. The predicted octanol–water partition coefficient (Wildman–Crippen LogP) is 2.33. The Kier molecular flexibility index (Phi) is 3.48. The van der Waals surface area contributed by atoms with E-state index >= 15 is 0 Å². The fourth-order valence-corrected chi connectivity index (χ4v) is 2.23. The van der Waals surface area contributed by atoms with Gasteiger partial charge in [-0.05, 0) is 24.5 Å². The quantitative estimate of drug-likeness (QED) is 0.867. The normalized spacial score (nSPS) is 18.7. The Morgan fingerprint density at radius 2 is 2.00 bits per heavy atom. The maximum Gasteiger partial charge on any atom is 0.309 e. The molecule has 0 radical (unpaired) electrons. The minimum absolute atomic E-state index is 0.174. The number of hydrogen-bond donors (Lipinski definition) is 1. The SMILES string of the molecule is CCc1ccc(C(C)N2CC(C(=O)O)C2)cc1. The molecular weight excluding hydrogens is 214 g/mol. The van der Waals surface area contributed by atoms with Crippen molar-refractivity contribution in [1.29, 1.82) is 0 Å². The van der Waals surface area contributed by atoms with Gasteiger partial charge in [-0.25, -0.2) is 0 Å². The zero-order valence-electron chi connectivity index (χ0n) is 10.4. The first kappa shape index (κ1) is 12.1. The summed E-state index contributed by atoms with van der Waals surface area (Å²) in [6, 6.07) is 8.92. The van der Waals surface area contributed by atoms with E-state index in [4.69, 9.17) is 5.11 Å². The average Bonchev–Trinajstić information content (AvgIpc) is 2.26. The molecule has 3 nitrogen and oxygen atoms in total. The van der Waals surface area contributed by atoms with Gasteiger partial charge in [0.2, 0.25) is 0 Å². The number of aliphatic carboxylic acids is 1. The van der Waals surface area contributed by atoms with Crippen LogP contribution in [0.25, 0.3) is 0 Å². The van der Waals surface area contributed by atoms with Gasteiger partial charge in [-0.3, -0.25) is 9.69 Å². The molecule has 92 valence electrons. The molecule has 0 saturated carbocycles. The molecule has 1 unspecified atom stereocenters. The van der Waals surface area contributed by atoms with Crippen LogP contribution in [0, 0.1) is 5.92 Å². The van der Waals surface area contributed by atoms with Crippen molar-refractivity contribution in [2.24, 2.45) is 5.92 Å². The second kappa shape index (κ2) is 4.88. The van der Waals surface area contributed by atoms with Gasteiger partial charge in [-0.15, -0.1) is 0 Å². The lowest BCUT2D eigenvalue weighted by Gasteiger charge is -2.41. The highest BCUT2D eigenvalue weighted by molar-refractivity contribution is 5.71. The lowest BCUT2D eigenvalue weighted by atomic mass is 9.95. The van der Waals surface area contributed by atoms with Gasteiger partial charge in [0, 0.05) is 19.1 Å². The number of carboxylic acids is 1. The molecular formula is C14H19NO2. The van der Waals surface area contributed by atoms with E-state index in [1.54, 1.807) is 0 Å². The third-order valence-electron chi connectivity index (χ3n) is 3.68. The van der Waals surface area contributed by atoms with Crippen LogP contribution in [0.4, 0.5) is 0 Å². The van der Waals surface area contributed by atoms with Gasteiger partial charge in [0.1, 0.15) is 0 Å². The molecule has 0 spiro atoms. The van der Waals surface area contributed by atoms with E-state index in [2.05, 4.69) is 43.0 Å². The Hall–Kier alpha value is -1.35. The first-order valence-corrected chi connectivity index (χ1v) is 6.17. The topological polar surface area (TPSA) is 40.5 Å². The molecule has 3 heteroatoms. The molecule has 0 bridgehead atoms. The number of rotatable bonds is 4. The maximum absolute atomic E-state index is 10.7. The van der Waals surface area contributed by atoms with Crippen LogP contribution in [0.3, 0.4) is 0 Å². The van der Waals surface area contributed by atoms with Crippen molar-refractivity contribution in [2.75, 3.05) is 13.1 Å². The minimum Gasteiger partial charge on any atom is -0.481 e. The molecule has 1 N–H and O–H groups in total. The zero-order chi connectivity index (χ0) is 12.4. The Bertz CT molecular complexity index is 393. The van der Waals surface area contributed by atoms with Gasteiger partial charge in [0.15, 0.2) is 0 Å². The smallest absolute Gasteiger partial charge is 0.309 e. The standard InChI is InChI=1S/C14H19NO2/c1-3-11-4-6-12(7-5-11)10(2)15-8-13(9-15)14(16)17/h4-7,10,13H,3,8-9H2,1-2H3,(H,16,17). The van der Waals surface area contributed by atoms with Gasteiger partial charge in [0.25, 0.3) is 0 Å². The molecule has 17 heavy (non-hydrogen) atoms. The van der Waals surface area contributed by atoms with Crippen LogP contribution < -0.4 is 0 Å². The lowest BCUT2D eigenvalue weighted by Crippen LogP contribution is -2.51. The molecule has 1 saturated heterocycles. The van der Waals surface area contributed by atoms with Crippen molar-refractivity contribution in [3.8, 4) is 0 Å². The molecule has 0 aliphatic carbocycles. The lowest BCUT2D eigenvalue weighted by molar-refractivity contribution is -0.148. The summed E-state index contributed by atoms with van der Waals surface area (Å²) < 4.78 is 0. The second-order valence-corrected chi connectivity index (χ2v) is 4.76. The molecule has 1 aliphatic heterocycles. The number of aryl methyl sites for hydroxylation is 1. The highest BCUT2D eigenvalue weighted by atomic mass is 16.4. The largest absolute Gasteiger partial charge is 0.481 e. The summed E-state index contributed by atoms with van der Waals surface area (Å²) in [5, 5.41) is 8.85. The molecule has 0 aromatic heterocycles. The van der Waals surface area contributed by atoms with E-state index in [0.717, 1.165) is 6.42 Å². The molecule has 1 aromatic rings. The molecule has 1 aliphatic rings. The van der Waals surface area contributed by atoms with E-state index in [1.807, 2.05) is 0 Å². The van der Waals surface area contributed by atoms with E-state index in [9.17, 15) is 4.79 Å². The molecule has 1 aromatic carbocycles. The third-order valence-corrected chi connectivity index (χ3v) is 3.68. The Morgan fingerprint density at radius 3 is 2.47 bits per heavy atom. The van der Waals surface area contributed by atoms with Gasteiger partial charge in [0.05, 0.1) is 5.92 Å². The van der Waals surface area contributed by atoms with Gasteiger partial charge in [-0.1, -0.05) is 31.2 Å². The maximum atomic E-state index is 10.7. The van der Waals surface area contributed by atoms with E-state index in [0.29, 0.717) is 19.1 Å². The van der Waals surface area contributed by atoms with Crippen molar-refractivity contribution < 1.29 is 9.90 Å². The van der Waals surface area contributed by atoms with Crippen molar-refractivity contribution in [2.45, 2.75) is 26.3 Å². The predicted molar refractivity (Wildman–Crippen MR) is 66.9 cm³/mol. The van der Waals surface area contributed by atoms with Gasteiger partial charge >= 0.3 is 5.97 Å². The molecule has 1 heterocycles. The highest BCUT2D eigenvalue weighted by Gasteiger charge is 2.35. The van der Waals surface area contributed by atoms with Crippen LogP contribution >= 0.6 is 0 Å². The zero-order valence-corrected chi connectivity index (χ0v) is 10.4. The first-order chi connectivity index (χ1) is 8.11. The van der Waals surface area contributed by atoms with Crippen molar-refractivity contribution >= 4 is 5.97 Å². The van der Waals surface area contributed by atoms with Crippen LogP contribution in [0.2, 0.25) is 0 Å². The number of hydrogen-bond acceptors (Lipinski definition) is 2. The summed E-state index contributed by atoms with van der Waals surface area (Å²) in [5.74, 6) is -0.845. The van der Waals surface area contributed by atoms with Crippen molar-refractivity contribution in [3.63, 3.8) is 0 Å². The van der Waals surface area contributed by atoms with E-state index in [1.165, 1.54) is 11.1 Å². The van der Waals surface area contributed by atoms with Crippen LogP contribution in [0.15, 0.2) is 24.3 Å². The summed E-state index contributed by atoms with van der Waals surface area (Å²) in [6.45, 7) is 5.63. The van der Waals surface area contributed by atoms with Crippen molar-refractivity contribution in [3.05, 3.63) is 35.4 Å². The first-order valence-electron chi connectivity index (χ1n) is 6.17. The molecule has 0 amide bonds. The average molecular weight is 233 g/mol. The summed E-state index contributed by atoms with van der Waals surface area (Å²) >= 11 is 0. The summed E-state index contributed by atoms with van der Waals surface area (Å²) in [6.07, 6.45) is 1.06. The fraction of sp³-hybridized carbons (Fsp3) is 0.500. The van der Waals surface area contributed by atoms with Crippen LogP contribution in [0.1, 0.15) is 31.0 Å². The molecule has 1 fully saturated rings. The Balaban J connectivity index is 1.96. The number of benzene rings is 1. The third kappa shape index (κ3) is 2.50. The number of likely N-dealkylation sites (tertiary alicyclic amines) is 1. The fourth-order valence-electron chi connectivity index (χ4n) is 2.23. The van der Waals surface area contributed by atoms with Gasteiger partial charge < -0.3 is 5.11 Å². The van der Waals surface area contributed by atoms with Crippen LogP contribution in [0.5, 0.6) is 0 Å². The Labute approximate surface area is 102 Å². The monoisotopic (exact) mass is 233 g/mol. The summed E-state index contributed by atoms with van der Waals surface area (Å²) in [5.41, 5.74) is 2.61. The number of carboxylic acid groups (broad SMARTS) is 1. The van der Waals surface area contributed by atoms with E-state index in [-0.39, 0.29) is 5.92 Å². The van der Waals surface area contributed by atoms with E-state index < -0.39 is 5.97 Å². The highest BCUT2D eigenvalue weighted by Crippen LogP contribution is 2.28. The van der Waals surface area contributed by atoms with Crippen LogP contribution in [-0.4, -0.2) is 29.1 Å². The number of nitrogens with zero attached hydrogens (tertiary/aromatic N) is 1. The van der Waals surface area contributed by atoms with Crippen LogP contribution in [-0.2, 0) is 11.2 Å². The minimum atomic E-state index is -0.671.